The van der Waals surface area contributed by atoms with Gasteiger partial charge in [-0.25, -0.2) is 0 Å². The van der Waals surface area contributed by atoms with E-state index in [9.17, 15) is 0 Å². The van der Waals surface area contributed by atoms with Gasteiger partial charge >= 0.3 is 0 Å². The summed E-state index contributed by atoms with van der Waals surface area (Å²) >= 11 is 1.94. The van der Waals surface area contributed by atoms with Crippen molar-refractivity contribution in [3.05, 3.63) is 21.9 Å². The molecule has 0 aliphatic rings. The Kier molecular flexibility index (Phi) is 6.03. The first-order valence-electron chi connectivity index (χ1n) is 7.17. The van der Waals surface area contributed by atoms with E-state index in [-0.39, 0.29) is 5.41 Å². The number of hydrogen-bond acceptors (Lipinski definition) is 3. The van der Waals surface area contributed by atoms with Crippen molar-refractivity contribution in [1.82, 2.24) is 10.2 Å². The van der Waals surface area contributed by atoms with Crippen LogP contribution in [0.1, 0.15) is 44.4 Å². The monoisotopic (exact) mass is 282 g/mol. The number of nitrogens with one attached hydrogen (secondary N) is 1. The molecule has 2 nitrogen and oxygen atoms in total. The zero-order valence-corrected chi connectivity index (χ0v) is 14.4. The zero-order valence-electron chi connectivity index (χ0n) is 13.6. The van der Waals surface area contributed by atoms with Crippen molar-refractivity contribution in [1.29, 1.82) is 0 Å². The second kappa shape index (κ2) is 6.87. The molecule has 1 aromatic heterocycles. The highest BCUT2D eigenvalue weighted by Gasteiger charge is 2.17. The minimum atomic E-state index is 0.268. The smallest absolute Gasteiger partial charge is 0.0303 e. The molecular formula is C16H30N2S. The minimum absolute atomic E-state index is 0.268. The molecule has 1 heterocycles. The highest BCUT2D eigenvalue weighted by molar-refractivity contribution is 7.12. The van der Waals surface area contributed by atoms with Crippen molar-refractivity contribution in [3.8, 4) is 0 Å². The van der Waals surface area contributed by atoms with Crippen molar-refractivity contribution < 1.29 is 0 Å². The molecule has 19 heavy (non-hydrogen) atoms. The topological polar surface area (TPSA) is 15.3 Å². The van der Waals surface area contributed by atoms with Crippen molar-refractivity contribution in [2.45, 2.75) is 52.6 Å². The minimum Gasteiger partial charge on any atom is -0.308 e. The molecule has 0 saturated carbocycles. The van der Waals surface area contributed by atoms with E-state index >= 15 is 0 Å². The molecule has 0 saturated heterocycles. The maximum Gasteiger partial charge on any atom is 0.0303 e. The third kappa shape index (κ3) is 5.64. The number of likely N-dealkylation sites (N-methyl/N-ethyl adjacent to an activating group) is 1. The van der Waals surface area contributed by atoms with E-state index in [2.05, 4.69) is 71.1 Å². The molecule has 0 aromatic carbocycles. The highest BCUT2D eigenvalue weighted by atomic mass is 32.1. The molecule has 3 heteroatoms. The summed E-state index contributed by atoms with van der Waals surface area (Å²) in [6.45, 7) is 13.5. The lowest BCUT2D eigenvalue weighted by atomic mass is 9.95. The molecule has 1 rings (SSSR count). The zero-order chi connectivity index (χ0) is 14.6. The number of nitrogens with zero attached hydrogens (tertiary/aromatic N) is 1. The van der Waals surface area contributed by atoms with Crippen LogP contribution >= 0.6 is 11.3 Å². The fraction of sp³-hybridized carbons (Fsp3) is 0.750. The molecule has 0 amide bonds. The Labute approximate surface area is 123 Å². The SMILES string of the molecule is CC(C)C(CN(C)C)NCc1ccc(C(C)(C)C)s1. The summed E-state index contributed by atoms with van der Waals surface area (Å²) in [5.74, 6) is 0.657. The standard InChI is InChI=1S/C16H30N2S/c1-12(2)14(11-18(6)7)17-10-13-8-9-15(19-13)16(3,4)5/h8-9,12,14,17H,10-11H2,1-7H3. The van der Waals surface area contributed by atoms with Crippen molar-refractivity contribution in [2.75, 3.05) is 20.6 Å². The first-order chi connectivity index (χ1) is 8.70. The van der Waals surface area contributed by atoms with Gasteiger partial charge in [-0.2, -0.15) is 0 Å². The number of hydrogen-bond donors (Lipinski definition) is 1. The van der Waals surface area contributed by atoms with Crippen molar-refractivity contribution >= 4 is 11.3 Å². The van der Waals surface area contributed by atoms with Gasteiger partial charge in [0.05, 0.1) is 0 Å². The second-order valence-electron chi connectivity index (χ2n) is 7.01. The van der Waals surface area contributed by atoms with Crippen molar-refractivity contribution in [3.63, 3.8) is 0 Å². The molecule has 0 aliphatic carbocycles. The van der Waals surface area contributed by atoms with Gasteiger partial charge in [-0.1, -0.05) is 34.6 Å². The molecule has 1 N–H and O–H groups in total. The van der Waals surface area contributed by atoms with Gasteiger partial charge < -0.3 is 10.2 Å². The van der Waals surface area contributed by atoms with Gasteiger partial charge in [-0.15, -0.1) is 11.3 Å². The third-order valence-corrected chi connectivity index (χ3v) is 4.82. The average molecular weight is 282 g/mol. The molecule has 0 spiro atoms. The largest absolute Gasteiger partial charge is 0.308 e. The van der Waals surface area contributed by atoms with Crippen LogP contribution in [0.5, 0.6) is 0 Å². The normalized spacial score (nSPS) is 14.4. The highest BCUT2D eigenvalue weighted by Crippen LogP contribution is 2.29. The number of rotatable bonds is 6. The Balaban J connectivity index is 2.57. The fourth-order valence-electron chi connectivity index (χ4n) is 2.01. The molecule has 0 bridgehead atoms. The van der Waals surface area contributed by atoms with E-state index < -0.39 is 0 Å². The van der Waals surface area contributed by atoms with Gasteiger partial charge in [0.2, 0.25) is 0 Å². The molecule has 0 radical (unpaired) electrons. The lowest BCUT2D eigenvalue weighted by molar-refractivity contribution is 0.288. The van der Waals surface area contributed by atoms with Gasteiger partial charge in [-0.05, 0) is 37.6 Å². The maximum atomic E-state index is 3.70. The average Bonchev–Trinajstić information content (AvgIpc) is 2.71. The summed E-state index contributed by atoms with van der Waals surface area (Å²) in [6.07, 6.45) is 0. The van der Waals surface area contributed by atoms with Gasteiger partial charge in [0.25, 0.3) is 0 Å². The Morgan fingerprint density at radius 3 is 2.26 bits per heavy atom. The summed E-state index contributed by atoms with van der Waals surface area (Å²) < 4.78 is 0. The molecule has 0 fully saturated rings. The Morgan fingerprint density at radius 2 is 1.84 bits per heavy atom. The molecule has 110 valence electrons. The van der Waals surface area contributed by atoms with Crippen LogP contribution in [0.15, 0.2) is 12.1 Å². The summed E-state index contributed by atoms with van der Waals surface area (Å²) in [6, 6.07) is 5.10. The van der Waals surface area contributed by atoms with E-state index in [0.717, 1.165) is 13.1 Å². The van der Waals surface area contributed by atoms with E-state index in [1.807, 2.05) is 11.3 Å². The van der Waals surface area contributed by atoms with Crippen molar-refractivity contribution in [2.24, 2.45) is 5.92 Å². The van der Waals surface area contributed by atoms with E-state index in [1.54, 1.807) is 0 Å². The van der Waals surface area contributed by atoms with E-state index in [0.29, 0.717) is 12.0 Å². The van der Waals surface area contributed by atoms with Crippen LogP contribution in [0.4, 0.5) is 0 Å². The molecule has 0 aliphatic heterocycles. The molecule has 1 aromatic rings. The van der Waals surface area contributed by atoms with Gasteiger partial charge in [0.15, 0.2) is 0 Å². The van der Waals surface area contributed by atoms with E-state index in [1.165, 1.54) is 9.75 Å². The summed E-state index contributed by atoms with van der Waals surface area (Å²) in [7, 11) is 4.28. The fourth-order valence-corrected chi connectivity index (χ4v) is 3.03. The quantitative estimate of drug-likeness (QED) is 0.855. The van der Waals surface area contributed by atoms with Crippen LogP contribution < -0.4 is 5.32 Å². The Hall–Kier alpha value is -0.380. The Morgan fingerprint density at radius 1 is 1.21 bits per heavy atom. The summed E-state index contributed by atoms with van der Waals surface area (Å²) in [5.41, 5.74) is 0.268. The van der Waals surface area contributed by atoms with Gasteiger partial charge in [0.1, 0.15) is 0 Å². The Bertz CT molecular complexity index is 374. The lowest BCUT2D eigenvalue weighted by Crippen LogP contribution is -2.41. The van der Waals surface area contributed by atoms with Gasteiger partial charge in [-0.3, -0.25) is 0 Å². The predicted molar refractivity (Wildman–Crippen MR) is 87.0 cm³/mol. The number of thiophene rings is 1. The van der Waals surface area contributed by atoms with E-state index in [4.69, 9.17) is 0 Å². The molecule has 1 atom stereocenters. The molecule has 1 unspecified atom stereocenters. The van der Waals surface area contributed by atoms with Crippen LogP contribution in [-0.4, -0.2) is 31.6 Å². The summed E-state index contributed by atoms with van der Waals surface area (Å²) in [5, 5.41) is 3.70. The maximum absolute atomic E-state index is 3.70. The summed E-state index contributed by atoms with van der Waals surface area (Å²) in [4.78, 5) is 5.17. The predicted octanol–water partition coefficient (Wildman–Crippen LogP) is 3.72. The van der Waals surface area contributed by atoms with Crippen LogP contribution in [0.2, 0.25) is 0 Å². The third-order valence-electron chi connectivity index (χ3n) is 3.31. The van der Waals surface area contributed by atoms with Crippen LogP contribution in [-0.2, 0) is 12.0 Å². The van der Waals surface area contributed by atoms with Crippen LogP contribution in [0.25, 0.3) is 0 Å². The first kappa shape index (κ1) is 16.7. The van der Waals surface area contributed by atoms with Crippen LogP contribution in [0.3, 0.4) is 0 Å². The second-order valence-corrected chi connectivity index (χ2v) is 8.18. The molecular weight excluding hydrogens is 252 g/mol. The lowest BCUT2D eigenvalue weighted by Gasteiger charge is -2.25. The van der Waals surface area contributed by atoms with Gasteiger partial charge in [0, 0.05) is 28.9 Å². The first-order valence-corrected chi connectivity index (χ1v) is 7.99. The van der Waals surface area contributed by atoms with Crippen LogP contribution in [0, 0.1) is 5.92 Å².